The zero-order chi connectivity index (χ0) is 14.8. The summed E-state index contributed by atoms with van der Waals surface area (Å²) in [7, 11) is 0. The Labute approximate surface area is 116 Å². The molecule has 2 amide bonds. The highest BCUT2D eigenvalue weighted by Crippen LogP contribution is 2.29. The monoisotopic (exact) mass is 289 g/mol. The van der Waals surface area contributed by atoms with Crippen LogP contribution in [0.4, 0.5) is 8.78 Å². The van der Waals surface area contributed by atoms with Gasteiger partial charge in [0.2, 0.25) is 11.8 Å². The number of likely N-dealkylation sites (tertiary alicyclic amines) is 1. The van der Waals surface area contributed by atoms with Gasteiger partial charge in [-0.15, -0.1) is 0 Å². The lowest BCUT2D eigenvalue weighted by atomic mass is 10.1. The molecule has 5 nitrogen and oxygen atoms in total. The molecule has 1 aliphatic carbocycles. The minimum atomic E-state index is -3.09. The van der Waals surface area contributed by atoms with Gasteiger partial charge in [0.25, 0.3) is 5.92 Å². The second-order valence-corrected chi connectivity index (χ2v) is 5.66. The van der Waals surface area contributed by atoms with Gasteiger partial charge in [0, 0.05) is 19.0 Å². The Morgan fingerprint density at radius 2 is 2.05 bits per heavy atom. The molecule has 1 aliphatic heterocycles. The highest BCUT2D eigenvalue weighted by Gasteiger charge is 2.39. The van der Waals surface area contributed by atoms with E-state index in [1.54, 1.807) is 4.90 Å². The fourth-order valence-electron chi connectivity index (χ4n) is 2.91. The standard InChI is InChI=1S/C13H21F2N3O2/c14-13(15,7-16)8-17-12(20)9-5-11(19)18(6-9)10-3-1-2-4-10/h9-10H,1-8,16H2,(H,17,20). The van der Waals surface area contributed by atoms with E-state index in [0.717, 1.165) is 25.7 Å². The molecule has 1 saturated carbocycles. The molecule has 1 atom stereocenters. The van der Waals surface area contributed by atoms with Crippen molar-refractivity contribution in [2.45, 2.75) is 44.1 Å². The molecule has 0 aromatic heterocycles. The summed E-state index contributed by atoms with van der Waals surface area (Å²) in [6.45, 7) is -1.22. The number of nitrogens with two attached hydrogens (primary N) is 1. The number of hydrogen-bond donors (Lipinski definition) is 2. The molecule has 7 heteroatoms. The highest BCUT2D eigenvalue weighted by molar-refractivity contribution is 5.89. The maximum Gasteiger partial charge on any atom is 0.277 e. The van der Waals surface area contributed by atoms with Crippen LogP contribution in [0.3, 0.4) is 0 Å². The fourth-order valence-corrected chi connectivity index (χ4v) is 2.91. The van der Waals surface area contributed by atoms with E-state index in [4.69, 9.17) is 5.73 Å². The van der Waals surface area contributed by atoms with Gasteiger partial charge in [0.05, 0.1) is 19.0 Å². The van der Waals surface area contributed by atoms with E-state index in [1.165, 1.54) is 0 Å². The van der Waals surface area contributed by atoms with E-state index in [9.17, 15) is 18.4 Å². The summed E-state index contributed by atoms with van der Waals surface area (Å²) in [4.78, 5) is 25.5. The first-order valence-corrected chi connectivity index (χ1v) is 7.08. The minimum absolute atomic E-state index is 0.0392. The Bertz CT molecular complexity index is 384. The van der Waals surface area contributed by atoms with Gasteiger partial charge in [-0.25, -0.2) is 8.78 Å². The van der Waals surface area contributed by atoms with Gasteiger partial charge in [0.1, 0.15) is 0 Å². The van der Waals surface area contributed by atoms with E-state index in [1.807, 2.05) is 0 Å². The van der Waals surface area contributed by atoms with Gasteiger partial charge in [-0.2, -0.15) is 0 Å². The second kappa shape index (κ2) is 6.03. The van der Waals surface area contributed by atoms with E-state index in [-0.39, 0.29) is 18.4 Å². The largest absolute Gasteiger partial charge is 0.350 e. The van der Waals surface area contributed by atoms with Crippen LogP contribution in [0.1, 0.15) is 32.1 Å². The fraction of sp³-hybridized carbons (Fsp3) is 0.846. The van der Waals surface area contributed by atoms with Crippen LogP contribution < -0.4 is 11.1 Å². The molecule has 0 radical (unpaired) electrons. The van der Waals surface area contributed by atoms with E-state index in [2.05, 4.69) is 5.32 Å². The molecule has 0 bridgehead atoms. The van der Waals surface area contributed by atoms with Crippen molar-refractivity contribution < 1.29 is 18.4 Å². The van der Waals surface area contributed by atoms with Crippen molar-refractivity contribution >= 4 is 11.8 Å². The number of rotatable bonds is 5. The Morgan fingerprint density at radius 3 is 2.65 bits per heavy atom. The van der Waals surface area contributed by atoms with Crippen LogP contribution in [0.2, 0.25) is 0 Å². The predicted octanol–water partition coefficient (Wildman–Crippen LogP) is 0.488. The second-order valence-electron chi connectivity index (χ2n) is 5.66. The van der Waals surface area contributed by atoms with E-state index in [0.29, 0.717) is 6.54 Å². The molecule has 0 aromatic carbocycles. The summed E-state index contributed by atoms with van der Waals surface area (Å²) in [6, 6.07) is 0.228. The van der Waals surface area contributed by atoms with Crippen molar-refractivity contribution in [2.75, 3.05) is 19.6 Å². The molecule has 2 aliphatic rings. The molecule has 114 valence electrons. The van der Waals surface area contributed by atoms with Crippen LogP contribution in [-0.4, -0.2) is 48.3 Å². The number of amides is 2. The molecule has 2 fully saturated rings. The summed E-state index contributed by atoms with van der Waals surface area (Å²) in [5.74, 6) is -4.13. The quantitative estimate of drug-likeness (QED) is 0.773. The van der Waals surface area contributed by atoms with Crippen LogP contribution in [0.15, 0.2) is 0 Å². The first-order valence-electron chi connectivity index (χ1n) is 7.08. The van der Waals surface area contributed by atoms with Crippen LogP contribution in [0.25, 0.3) is 0 Å². The van der Waals surface area contributed by atoms with Gasteiger partial charge in [-0.3, -0.25) is 9.59 Å². The third-order valence-corrected chi connectivity index (χ3v) is 4.11. The Kier molecular flexibility index (Phi) is 4.57. The molecule has 2 rings (SSSR count). The maximum atomic E-state index is 13.0. The first-order chi connectivity index (χ1) is 9.43. The van der Waals surface area contributed by atoms with Gasteiger partial charge >= 0.3 is 0 Å². The number of alkyl halides is 2. The zero-order valence-electron chi connectivity index (χ0n) is 11.4. The summed E-state index contributed by atoms with van der Waals surface area (Å²) in [5, 5.41) is 2.20. The lowest BCUT2D eigenvalue weighted by Gasteiger charge is -2.24. The maximum absolute atomic E-state index is 13.0. The third kappa shape index (κ3) is 3.45. The van der Waals surface area contributed by atoms with Gasteiger partial charge < -0.3 is 16.0 Å². The van der Waals surface area contributed by atoms with Crippen LogP contribution >= 0.6 is 0 Å². The normalized spacial score (nSPS) is 24.4. The first kappa shape index (κ1) is 15.2. The molecule has 20 heavy (non-hydrogen) atoms. The van der Waals surface area contributed by atoms with Crippen molar-refractivity contribution in [1.82, 2.24) is 10.2 Å². The molecule has 1 saturated heterocycles. The van der Waals surface area contributed by atoms with Crippen LogP contribution in [0.5, 0.6) is 0 Å². The Hall–Kier alpha value is -1.24. The average molecular weight is 289 g/mol. The lowest BCUT2D eigenvalue weighted by molar-refractivity contribution is -0.130. The third-order valence-electron chi connectivity index (χ3n) is 4.11. The number of nitrogens with zero attached hydrogens (tertiary/aromatic N) is 1. The molecule has 0 spiro atoms. The molecule has 3 N–H and O–H groups in total. The van der Waals surface area contributed by atoms with Gasteiger partial charge in [-0.05, 0) is 12.8 Å². The molecular formula is C13H21F2N3O2. The Balaban J connectivity index is 1.84. The van der Waals surface area contributed by atoms with E-state index < -0.39 is 30.8 Å². The summed E-state index contributed by atoms with van der Waals surface area (Å²) in [6.07, 6.45) is 4.29. The molecule has 0 aromatic rings. The smallest absolute Gasteiger partial charge is 0.277 e. The van der Waals surface area contributed by atoms with Gasteiger partial charge in [0.15, 0.2) is 0 Å². The topological polar surface area (TPSA) is 75.4 Å². The summed E-state index contributed by atoms with van der Waals surface area (Å²) >= 11 is 0. The summed E-state index contributed by atoms with van der Waals surface area (Å²) in [5.41, 5.74) is 4.91. The SMILES string of the molecule is NCC(F)(F)CNC(=O)C1CC(=O)N(C2CCCC2)C1. The average Bonchev–Trinajstić information content (AvgIpc) is 3.05. The number of nitrogens with one attached hydrogen (secondary N) is 1. The van der Waals surface area contributed by atoms with Crippen molar-refractivity contribution in [3.8, 4) is 0 Å². The van der Waals surface area contributed by atoms with Crippen molar-refractivity contribution in [2.24, 2.45) is 11.7 Å². The number of carbonyl (C=O) groups is 2. The number of halogens is 2. The number of carbonyl (C=O) groups excluding carboxylic acids is 2. The van der Waals surface area contributed by atoms with Crippen LogP contribution in [0, 0.1) is 5.92 Å². The Morgan fingerprint density at radius 1 is 1.40 bits per heavy atom. The molecule has 1 unspecified atom stereocenters. The zero-order valence-corrected chi connectivity index (χ0v) is 11.4. The van der Waals surface area contributed by atoms with Crippen LogP contribution in [-0.2, 0) is 9.59 Å². The number of hydrogen-bond acceptors (Lipinski definition) is 3. The van der Waals surface area contributed by atoms with Crippen molar-refractivity contribution in [1.29, 1.82) is 0 Å². The van der Waals surface area contributed by atoms with Crippen molar-refractivity contribution in [3.63, 3.8) is 0 Å². The molecular weight excluding hydrogens is 268 g/mol. The molecule has 1 heterocycles. The summed E-state index contributed by atoms with van der Waals surface area (Å²) < 4.78 is 26.0. The minimum Gasteiger partial charge on any atom is -0.350 e. The van der Waals surface area contributed by atoms with E-state index >= 15 is 0 Å². The highest BCUT2D eigenvalue weighted by atomic mass is 19.3. The predicted molar refractivity (Wildman–Crippen MR) is 69.1 cm³/mol. The van der Waals surface area contributed by atoms with Gasteiger partial charge in [-0.1, -0.05) is 12.8 Å². The lowest BCUT2D eigenvalue weighted by Crippen LogP contribution is -2.44. The van der Waals surface area contributed by atoms with Crippen molar-refractivity contribution in [3.05, 3.63) is 0 Å².